The topological polar surface area (TPSA) is 72.3 Å². The molecule has 2 aromatic rings. The predicted octanol–water partition coefficient (Wildman–Crippen LogP) is 1.99. The summed E-state index contributed by atoms with van der Waals surface area (Å²) in [7, 11) is 1.26. The Morgan fingerprint density at radius 3 is 2.83 bits per heavy atom. The minimum atomic E-state index is -1.28. The average Bonchev–Trinajstić information content (AvgIpc) is 2.39. The van der Waals surface area contributed by atoms with Gasteiger partial charge >= 0.3 is 5.97 Å². The van der Waals surface area contributed by atoms with Gasteiger partial charge in [-0.15, -0.1) is 0 Å². The van der Waals surface area contributed by atoms with Gasteiger partial charge in [0.1, 0.15) is 5.69 Å². The zero-order valence-electron chi connectivity index (χ0n) is 9.42. The monoisotopic (exact) mass is 248 g/mol. The van der Waals surface area contributed by atoms with Gasteiger partial charge in [-0.2, -0.15) is 0 Å². The largest absolute Gasteiger partial charge is 0.494 e. The number of halogens is 1. The zero-order valence-corrected chi connectivity index (χ0v) is 9.42. The van der Waals surface area contributed by atoms with Crippen molar-refractivity contribution in [3.05, 3.63) is 42.1 Å². The first-order valence-corrected chi connectivity index (χ1v) is 5.01. The number of carboxylic acid groups (broad SMARTS) is 1. The van der Waals surface area contributed by atoms with Gasteiger partial charge in [0.25, 0.3) is 0 Å². The second kappa shape index (κ2) is 4.79. The fourth-order valence-electron chi connectivity index (χ4n) is 1.49. The molecule has 0 aliphatic heterocycles. The molecule has 0 atom stereocenters. The van der Waals surface area contributed by atoms with Crippen molar-refractivity contribution in [2.24, 2.45) is 0 Å². The molecule has 1 N–H and O–H groups in total. The molecule has 0 saturated heterocycles. The van der Waals surface area contributed by atoms with E-state index in [4.69, 9.17) is 9.84 Å². The lowest BCUT2D eigenvalue weighted by Crippen LogP contribution is -2.06. The van der Waals surface area contributed by atoms with Gasteiger partial charge in [0.05, 0.1) is 7.11 Å². The Balaban J connectivity index is 2.63. The van der Waals surface area contributed by atoms with E-state index in [0.29, 0.717) is 5.56 Å². The highest BCUT2D eigenvalue weighted by molar-refractivity contribution is 5.89. The Morgan fingerprint density at radius 1 is 1.50 bits per heavy atom. The number of hydrogen-bond donors (Lipinski definition) is 1. The molecule has 2 aromatic heterocycles. The van der Waals surface area contributed by atoms with Gasteiger partial charge in [0.15, 0.2) is 17.3 Å². The minimum Gasteiger partial charge on any atom is -0.494 e. The van der Waals surface area contributed by atoms with E-state index in [9.17, 15) is 9.18 Å². The number of carbonyl (C=O) groups is 1. The lowest BCUT2D eigenvalue weighted by atomic mass is 10.1. The van der Waals surface area contributed by atoms with Crippen LogP contribution in [-0.4, -0.2) is 28.2 Å². The highest BCUT2D eigenvalue weighted by Crippen LogP contribution is 2.26. The van der Waals surface area contributed by atoms with Crippen molar-refractivity contribution in [2.45, 2.75) is 0 Å². The zero-order chi connectivity index (χ0) is 13.1. The number of ether oxygens (including phenoxy) is 1. The van der Waals surface area contributed by atoms with Crippen LogP contribution in [0.4, 0.5) is 4.39 Å². The van der Waals surface area contributed by atoms with Gasteiger partial charge in [-0.05, 0) is 12.1 Å². The molecule has 5 nitrogen and oxygen atoms in total. The molecule has 0 radical (unpaired) electrons. The van der Waals surface area contributed by atoms with Crippen LogP contribution in [0.15, 0.2) is 30.6 Å². The summed E-state index contributed by atoms with van der Waals surface area (Å²) in [6.45, 7) is 0. The molecule has 0 unspecified atom stereocenters. The predicted molar refractivity (Wildman–Crippen MR) is 60.9 cm³/mol. The molecule has 18 heavy (non-hydrogen) atoms. The van der Waals surface area contributed by atoms with Crippen molar-refractivity contribution in [3.8, 4) is 17.0 Å². The average molecular weight is 248 g/mol. The van der Waals surface area contributed by atoms with E-state index in [1.54, 1.807) is 12.1 Å². The summed E-state index contributed by atoms with van der Waals surface area (Å²) in [6, 6.07) is 4.20. The molecule has 0 saturated carbocycles. The first kappa shape index (κ1) is 12.0. The van der Waals surface area contributed by atoms with Gasteiger partial charge in [0, 0.05) is 24.0 Å². The fraction of sp³-hybridized carbons (Fsp3) is 0.0833. The molecule has 2 heterocycles. The highest BCUT2D eigenvalue weighted by Gasteiger charge is 2.18. The Hall–Kier alpha value is -2.50. The molecule has 6 heteroatoms. The number of rotatable bonds is 3. The number of aromatic nitrogens is 2. The molecule has 0 spiro atoms. The lowest BCUT2D eigenvalue weighted by molar-refractivity contribution is 0.0686. The summed E-state index contributed by atoms with van der Waals surface area (Å²) < 4.78 is 18.6. The van der Waals surface area contributed by atoms with E-state index in [0.717, 1.165) is 6.07 Å². The number of methoxy groups -OCH3 is 1. The molecule has 0 aliphatic carbocycles. The second-order valence-electron chi connectivity index (χ2n) is 3.42. The maximum Gasteiger partial charge on any atom is 0.358 e. The van der Waals surface area contributed by atoms with Crippen molar-refractivity contribution in [2.75, 3.05) is 7.11 Å². The van der Waals surface area contributed by atoms with E-state index in [1.807, 2.05) is 0 Å². The van der Waals surface area contributed by atoms with Crippen molar-refractivity contribution < 1.29 is 19.0 Å². The highest BCUT2D eigenvalue weighted by atomic mass is 19.1. The number of aromatic carboxylic acids is 1. The Labute approximate surface area is 102 Å². The summed E-state index contributed by atoms with van der Waals surface area (Å²) in [5.74, 6) is -2.06. The standard InChI is InChI=1S/C12H9FN2O3/c1-18-9-5-8(13)10(15-11(9)12(16)17)7-3-2-4-14-6-7/h2-6H,1H3,(H,16,17). The number of carboxylic acids is 1. The third-order valence-electron chi connectivity index (χ3n) is 2.30. The minimum absolute atomic E-state index is 0.0682. The van der Waals surface area contributed by atoms with Crippen molar-refractivity contribution in [3.63, 3.8) is 0 Å². The van der Waals surface area contributed by atoms with Gasteiger partial charge in [-0.1, -0.05) is 0 Å². The van der Waals surface area contributed by atoms with E-state index in [-0.39, 0.29) is 17.1 Å². The summed E-state index contributed by atoms with van der Waals surface area (Å²) >= 11 is 0. The third-order valence-corrected chi connectivity index (χ3v) is 2.30. The van der Waals surface area contributed by atoms with Crippen molar-refractivity contribution in [1.82, 2.24) is 9.97 Å². The normalized spacial score (nSPS) is 10.1. The van der Waals surface area contributed by atoms with Crippen molar-refractivity contribution >= 4 is 5.97 Å². The Bertz CT molecular complexity index is 587. The van der Waals surface area contributed by atoms with Gasteiger partial charge in [-0.25, -0.2) is 14.2 Å². The number of pyridine rings is 2. The Kier molecular flexibility index (Phi) is 3.18. The molecule has 0 amide bonds. The van der Waals surface area contributed by atoms with Gasteiger partial charge in [0.2, 0.25) is 0 Å². The molecule has 0 aromatic carbocycles. The van der Waals surface area contributed by atoms with Crippen molar-refractivity contribution in [1.29, 1.82) is 0 Å². The fourth-order valence-corrected chi connectivity index (χ4v) is 1.49. The first-order valence-electron chi connectivity index (χ1n) is 5.01. The van der Waals surface area contributed by atoms with Gasteiger partial charge < -0.3 is 9.84 Å². The van der Waals surface area contributed by atoms with Crippen LogP contribution in [0.1, 0.15) is 10.5 Å². The molecule has 0 fully saturated rings. The summed E-state index contributed by atoms with van der Waals surface area (Å²) in [4.78, 5) is 18.6. The summed E-state index contributed by atoms with van der Waals surface area (Å²) in [6.07, 6.45) is 2.94. The SMILES string of the molecule is COc1cc(F)c(-c2cccnc2)nc1C(=O)O. The van der Waals surface area contributed by atoms with Crippen LogP contribution in [0.25, 0.3) is 11.3 Å². The molecule has 0 bridgehead atoms. The number of hydrogen-bond acceptors (Lipinski definition) is 4. The van der Waals surface area contributed by atoms with Crippen LogP contribution in [0.5, 0.6) is 5.75 Å². The van der Waals surface area contributed by atoms with Crippen LogP contribution in [0, 0.1) is 5.82 Å². The number of nitrogens with zero attached hydrogens (tertiary/aromatic N) is 2. The third kappa shape index (κ3) is 2.13. The molecular weight excluding hydrogens is 239 g/mol. The maximum absolute atomic E-state index is 13.8. The smallest absolute Gasteiger partial charge is 0.358 e. The molecule has 2 rings (SSSR count). The van der Waals surface area contributed by atoms with Crippen LogP contribution in [0.3, 0.4) is 0 Å². The van der Waals surface area contributed by atoms with Crippen LogP contribution in [-0.2, 0) is 0 Å². The quantitative estimate of drug-likeness (QED) is 0.899. The Morgan fingerprint density at radius 2 is 2.28 bits per heavy atom. The summed E-state index contributed by atoms with van der Waals surface area (Å²) in [5.41, 5.74) is -0.000735. The van der Waals surface area contributed by atoms with E-state index in [1.165, 1.54) is 19.5 Å². The second-order valence-corrected chi connectivity index (χ2v) is 3.42. The lowest BCUT2D eigenvalue weighted by Gasteiger charge is -2.08. The van der Waals surface area contributed by atoms with Gasteiger partial charge in [-0.3, -0.25) is 4.98 Å². The van der Waals surface area contributed by atoms with E-state index < -0.39 is 11.8 Å². The maximum atomic E-state index is 13.8. The van der Waals surface area contributed by atoms with E-state index >= 15 is 0 Å². The van der Waals surface area contributed by atoms with Crippen LogP contribution < -0.4 is 4.74 Å². The van der Waals surface area contributed by atoms with E-state index in [2.05, 4.69) is 9.97 Å². The molecular formula is C12H9FN2O3. The van der Waals surface area contributed by atoms with Crippen LogP contribution >= 0.6 is 0 Å². The molecule has 92 valence electrons. The van der Waals surface area contributed by atoms with Crippen LogP contribution in [0.2, 0.25) is 0 Å². The summed E-state index contributed by atoms with van der Waals surface area (Å²) in [5, 5.41) is 8.98. The molecule has 0 aliphatic rings. The first-order chi connectivity index (χ1) is 8.63.